The highest BCUT2D eigenvalue weighted by atomic mass is 16.2. The van der Waals surface area contributed by atoms with Crippen molar-refractivity contribution in [3.63, 3.8) is 0 Å². The highest BCUT2D eigenvalue weighted by Gasteiger charge is 2.44. The maximum absolute atomic E-state index is 12.7. The molecule has 2 atom stereocenters. The van der Waals surface area contributed by atoms with Gasteiger partial charge in [-0.1, -0.05) is 11.6 Å². The summed E-state index contributed by atoms with van der Waals surface area (Å²) in [5, 5.41) is 0. The number of rotatable bonds is 3. The van der Waals surface area contributed by atoms with Gasteiger partial charge >= 0.3 is 0 Å². The van der Waals surface area contributed by atoms with Crippen LogP contribution in [0.2, 0.25) is 0 Å². The molecule has 4 nitrogen and oxygen atoms in total. The van der Waals surface area contributed by atoms with Gasteiger partial charge in [-0.05, 0) is 58.3 Å². The van der Waals surface area contributed by atoms with Gasteiger partial charge in [0, 0.05) is 13.1 Å². The van der Waals surface area contributed by atoms with Gasteiger partial charge in [0.2, 0.25) is 11.8 Å². The number of hydrogen-bond acceptors (Lipinski definition) is 2. The van der Waals surface area contributed by atoms with E-state index in [9.17, 15) is 9.59 Å². The van der Waals surface area contributed by atoms with E-state index in [1.54, 1.807) is 0 Å². The van der Waals surface area contributed by atoms with Crippen molar-refractivity contribution in [2.75, 3.05) is 13.1 Å². The molecular formula is C17H26N2O2. The van der Waals surface area contributed by atoms with Crippen molar-refractivity contribution in [2.24, 2.45) is 0 Å². The molecule has 3 aliphatic rings. The summed E-state index contributed by atoms with van der Waals surface area (Å²) >= 11 is 0. The van der Waals surface area contributed by atoms with E-state index in [0.29, 0.717) is 6.54 Å². The zero-order valence-corrected chi connectivity index (χ0v) is 13.0. The average Bonchev–Trinajstić information content (AvgIpc) is 2.54. The molecule has 0 bridgehead atoms. The van der Waals surface area contributed by atoms with E-state index < -0.39 is 0 Å². The summed E-state index contributed by atoms with van der Waals surface area (Å²) in [7, 11) is 0. The number of carbonyl (C=O) groups excluding carboxylic acids is 2. The van der Waals surface area contributed by atoms with Crippen LogP contribution in [0.3, 0.4) is 0 Å². The maximum Gasteiger partial charge on any atom is 0.246 e. The van der Waals surface area contributed by atoms with E-state index in [1.165, 1.54) is 31.3 Å². The van der Waals surface area contributed by atoms with Crippen LogP contribution in [0.4, 0.5) is 0 Å². The van der Waals surface area contributed by atoms with Crippen LogP contribution in [-0.2, 0) is 9.59 Å². The van der Waals surface area contributed by atoms with Gasteiger partial charge in [-0.2, -0.15) is 0 Å². The van der Waals surface area contributed by atoms with Gasteiger partial charge in [-0.3, -0.25) is 9.59 Å². The summed E-state index contributed by atoms with van der Waals surface area (Å²) in [5.74, 6) is 0.329. The van der Waals surface area contributed by atoms with Crippen molar-refractivity contribution < 1.29 is 9.59 Å². The normalized spacial score (nSPS) is 30.2. The van der Waals surface area contributed by atoms with E-state index in [1.807, 2.05) is 16.7 Å². The fraction of sp³-hybridized carbons (Fsp3) is 0.765. The molecule has 2 amide bonds. The third-order valence-electron chi connectivity index (χ3n) is 5.24. The van der Waals surface area contributed by atoms with Gasteiger partial charge in [-0.15, -0.1) is 0 Å². The Labute approximate surface area is 127 Å². The van der Waals surface area contributed by atoms with Crippen molar-refractivity contribution >= 4 is 11.8 Å². The molecule has 2 saturated heterocycles. The Balaban J connectivity index is 1.67. The van der Waals surface area contributed by atoms with Gasteiger partial charge in [0.1, 0.15) is 12.1 Å². The number of allylic oxidation sites excluding steroid dienone is 1. The molecule has 1 aliphatic carbocycles. The van der Waals surface area contributed by atoms with Crippen LogP contribution in [0.1, 0.15) is 58.3 Å². The van der Waals surface area contributed by atoms with E-state index >= 15 is 0 Å². The summed E-state index contributed by atoms with van der Waals surface area (Å²) in [5.41, 5.74) is 1.47. The lowest BCUT2D eigenvalue weighted by Crippen LogP contribution is -2.65. The van der Waals surface area contributed by atoms with Crippen molar-refractivity contribution in [1.29, 1.82) is 0 Å². The molecule has 0 N–H and O–H groups in total. The smallest absolute Gasteiger partial charge is 0.246 e. The van der Waals surface area contributed by atoms with E-state index in [-0.39, 0.29) is 23.9 Å². The predicted octanol–water partition coefficient (Wildman–Crippen LogP) is 2.49. The molecule has 3 rings (SSSR count). The molecule has 2 aliphatic heterocycles. The quantitative estimate of drug-likeness (QED) is 0.749. The second kappa shape index (κ2) is 6.20. The highest BCUT2D eigenvalue weighted by Crippen LogP contribution is 2.27. The molecule has 21 heavy (non-hydrogen) atoms. The largest absolute Gasteiger partial charge is 0.329 e. The monoisotopic (exact) mass is 290 g/mol. The Morgan fingerprint density at radius 2 is 2.00 bits per heavy atom. The Bertz CT molecular complexity index is 458. The molecule has 116 valence electrons. The summed E-state index contributed by atoms with van der Waals surface area (Å²) in [6.45, 7) is 3.36. The van der Waals surface area contributed by atoms with Crippen LogP contribution in [0, 0.1) is 0 Å². The molecule has 2 unspecified atom stereocenters. The zero-order valence-electron chi connectivity index (χ0n) is 13.0. The second-order valence-electron chi connectivity index (χ2n) is 6.61. The van der Waals surface area contributed by atoms with Crippen LogP contribution in [0.5, 0.6) is 0 Å². The minimum atomic E-state index is -0.281. The second-order valence-corrected chi connectivity index (χ2v) is 6.61. The molecule has 4 heteroatoms. The van der Waals surface area contributed by atoms with Gasteiger partial charge < -0.3 is 9.80 Å². The van der Waals surface area contributed by atoms with Crippen LogP contribution >= 0.6 is 0 Å². The lowest BCUT2D eigenvalue weighted by molar-refractivity contribution is -0.162. The number of piperidine rings is 1. The van der Waals surface area contributed by atoms with Gasteiger partial charge in [0.25, 0.3) is 0 Å². The predicted molar refractivity (Wildman–Crippen MR) is 81.7 cm³/mol. The number of hydrogen-bond donors (Lipinski definition) is 0. The maximum atomic E-state index is 12.7. The molecule has 0 spiro atoms. The standard InChI is InChI=1S/C17H26N2O2/c1-13-16(20)19-11-6-5-9-15(19)17(21)18(13)12-10-14-7-3-2-4-8-14/h7,13,15H,2-6,8-12H2,1H3. The van der Waals surface area contributed by atoms with Crippen LogP contribution in [0.15, 0.2) is 11.6 Å². The molecule has 0 aromatic rings. The van der Waals surface area contributed by atoms with Crippen LogP contribution in [-0.4, -0.2) is 46.8 Å². The highest BCUT2D eigenvalue weighted by molar-refractivity contribution is 5.96. The van der Waals surface area contributed by atoms with Crippen molar-refractivity contribution in [3.8, 4) is 0 Å². The number of nitrogens with zero attached hydrogens (tertiary/aromatic N) is 2. The number of carbonyl (C=O) groups is 2. The molecular weight excluding hydrogens is 264 g/mol. The number of amides is 2. The van der Waals surface area contributed by atoms with E-state index in [4.69, 9.17) is 0 Å². The Morgan fingerprint density at radius 1 is 1.14 bits per heavy atom. The number of piperazine rings is 1. The third-order valence-corrected chi connectivity index (χ3v) is 5.24. The fourth-order valence-electron chi connectivity index (χ4n) is 3.91. The topological polar surface area (TPSA) is 40.6 Å². The molecule has 0 aromatic carbocycles. The molecule has 0 radical (unpaired) electrons. The summed E-state index contributed by atoms with van der Waals surface area (Å²) < 4.78 is 0. The van der Waals surface area contributed by atoms with Gasteiger partial charge in [0.15, 0.2) is 0 Å². The molecule has 2 heterocycles. The molecule has 0 saturated carbocycles. The van der Waals surface area contributed by atoms with Crippen LogP contribution in [0.25, 0.3) is 0 Å². The van der Waals surface area contributed by atoms with E-state index in [0.717, 1.165) is 32.2 Å². The fourth-order valence-corrected chi connectivity index (χ4v) is 3.91. The zero-order chi connectivity index (χ0) is 14.8. The lowest BCUT2D eigenvalue weighted by Gasteiger charge is -2.46. The van der Waals surface area contributed by atoms with Crippen molar-refractivity contribution in [2.45, 2.75) is 70.4 Å². The van der Waals surface area contributed by atoms with Crippen LogP contribution < -0.4 is 0 Å². The Hall–Kier alpha value is -1.32. The molecule has 0 aromatic heterocycles. The number of fused-ring (bicyclic) bond motifs is 1. The van der Waals surface area contributed by atoms with Crippen molar-refractivity contribution in [1.82, 2.24) is 9.80 Å². The Kier molecular flexibility index (Phi) is 4.32. The first kappa shape index (κ1) is 14.6. The first-order chi connectivity index (χ1) is 10.2. The summed E-state index contributed by atoms with van der Waals surface area (Å²) in [6.07, 6.45) is 11.1. The minimum Gasteiger partial charge on any atom is -0.329 e. The van der Waals surface area contributed by atoms with E-state index in [2.05, 4.69) is 6.08 Å². The SMILES string of the molecule is CC1C(=O)N2CCCCC2C(=O)N1CCC1=CCCCC1. The van der Waals surface area contributed by atoms with Gasteiger partial charge in [-0.25, -0.2) is 0 Å². The first-order valence-corrected chi connectivity index (χ1v) is 8.47. The molecule has 2 fully saturated rings. The van der Waals surface area contributed by atoms with Gasteiger partial charge in [0.05, 0.1) is 0 Å². The summed E-state index contributed by atoms with van der Waals surface area (Å²) in [4.78, 5) is 28.8. The third kappa shape index (κ3) is 2.85. The summed E-state index contributed by atoms with van der Waals surface area (Å²) in [6, 6.07) is -0.459. The first-order valence-electron chi connectivity index (χ1n) is 8.47. The van der Waals surface area contributed by atoms with Crippen molar-refractivity contribution in [3.05, 3.63) is 11.6 Å². The Morgan fingerprint density at radius 3 is 2.76 bits per heavy atom. The lowest BCUT2D eigenvalue weighted by atomic mass is 9.94. The minimum absolute atomic E-state index is 0.150. The average molecular weight is 290 g/mol.